The Morgan fingerprint density at radius 3 is 2.87 bits per heavy atom. The van der Waals surface area contributed by atoms with Gasteiger partial charge in [-0.15, -0.1) is 10.1 Å². The predicted molar refractivity (Wildman–Crippen MR) is 124 cm³/mol. The molecule has 0 saturated heterocycles. The maximum absolute atomic E-state index is 11.0. The van der Waals surface area contributed by atoms with Crippen LogP contribution in [0.4, 0.5) is 0 Å². The fourth-order valence-corrected chi connectivity index (χ4v) is 4.32. The molecule has 1 aliphatic heterocycles. The van der Waals surface area contributed by atoms with E-state index in [1.54, 1.807) is 0 Å². The molecule has 0 aromatic heterocycles. The minimum absolute atomic E-state index is 0.371. The monoisotopic (exact) mass is 458 g/mol. The van der Waals surface area contributed by atoms with Crippen LogP contribution in [0.25, 0.3) is 0 Å². The lowest BCUT2D eigenvalue weighted by molar-refractivity contribution is -0.770. The first-order valence-corrected chi connectivity index (χ1v) is 12.4. The molecule has 2 unspecified atom stereocenters. The van der Waals surface area contributed by atoms with Crippen LogP contribution in [0.5, 0.6) is 5.75 Å². The highest BCUT2D eigenvalue weighted by molar-refractivity contribution is 7.98. The van der Waals surface area contributed by atoms with Crippen molar-refractivity contribution in [3.8, 4) is 5.75 Å². The van der Waals surface area contributed by atoms with Crippen molar-refractivity contribution in [1.29, 1.82) is 0 Å². The van der Waals surface area contributed by atoms with Gasteiger partial charge in [0.05, 0.1) is 6.61 Å². The Kier molecular flexibility index (Phi) is 10.6. The Labute approximate surface area is 189 Å². The number of nitrogens with zero attached hydrogens (tertiary/aromatic N) is 1. The second-order valence-corrected chi connectivity index (χ2v) is 9.68. The van der Waals surface area contributed by atoms with Crippen molar-refractivity contribution >= 4 is 24.4 Å². The zero-order valence-electron chi connectivity index (χ0n) is 18.1. The zero-order valence-corrected chi connectivity index (χ0v) is 19.8. The van der Waals surface area contributed by atoms with E-state index >= 15 is 0 Å². The van der Waals surface area contributed by atoms with Crippen LogP contribution in [0, 0.1) is 10.1 Å². The standard InChI is InChI=1S/C21H34N2O5S2/c1-21(2)26-15-17-13-16(8-9-19(17)27-21)20(28-23(24)25)14-22-11-6-4-5-7-18(29)10-12-30-3/h8-9,13,18,20,22,29H,4-7,10-12,14-15H2,1-3H3. The molecule has 30 heavy (non-hydrogen) atoms. The predicted octanol–water partition coefficient (Wildman–Crippen LogP) is 4.78. The molecule has 0 amide bonds. The van der Waals surface area contributed by atoms with Crippen LogP contribution in [-0.2, 0) is 16.2 Å². The van der Waals surface area contributed by atoms with Gasteiger partial charge in [-0.05, 0) is 55.5 Å². The smallest absolute Gasteiger partial charge is 0.295 e. The molecule has 0 saturated carbocycles. The van der Waals surface area contributed by atoms with E-state index in [2.05, 4.69) is 24.2 Å². The first-order chi connectivity index (χ1) is 14.3. The van der Waals surface area contributed by atoms with Gasteiger partial charge in [0.25, 0.3) is 5.09 Å². The summed E-state index contributed by atoms with van der Waals surface area (Å²) in [6.07, 6.45) is 7.02. The van der Waals surface area contributed by atoms with Crippen LogP contribution in [0.15, 0.2) is 18.2 Å². The van der Waals surface area contributed by atoms with Gasteiger partial charge in [0.15, 0.2) is 0 Å². The number of thiol groups is 1. The molecule has 2 atom stereocenters. The van der Waals surface area contributed by atoms with Gasteiger partial charge < -0.3 is 19.6 Å². The summed E-state index contributed by atoms with van der Waals surface area (Å²) >= 11 is 6.48. The second kappa shape index (κ2) is 12.6. The van der Waals surface area contributed by atoms with Crippen LogP contribution >= 0.6 is 24.4 Å². The number of unbranched alkanes of at least 4 members (excludes halogenated alkanes) is 2. The molecule has 0 aliphatic carbocycles. The zero-order chi connectivity index (χ0) is 22.0. The molecule has 0 bridgehead atoms. The Morgan fingerprint density at radius 2 is 2.13 bits per heavy atom. The van der Waals surface area contributed by atoms with Gasteiger partial charge in [0.2, 0.25) is 5.79 Å². The van der Waals surface area contributed by atoms with Crippen molar-refractivity contribution in [2.45, 2.75) is 69.7 Å². The molecule has 1 N–H and O–H groups in total. The lowest BCUT2D eigenvalue weighted by Crippen LogP contribution is -2.35. The maximum Gasteiger partial charge on any atom is 0.295 e. The third kappa shape index (κ3) is 8.91. The third-order valence-electron chi connectivity index (χ3n) is 4.98. The molecule has 170 valence electrons. The molecular formula is C21H34N2O5S2. The van der Waals surface area contributed by atoms with Gasteiger partial charge in [-0.3, -0.25) is 0 Å². The molecule has 7 nitrogen and oxygen atoms in total. The van der Waals surface area contributed by atoms with Gasteiger partial charge in [-0.25, -0.2) is 0 Å². The fourth-order valence-electron chi connectivity index (χ4n) is 3.32. The molecule has 0 radical (unpaired) electrons. The molecule has 1 heterocycles. The summed E-state index contributed by atoms with van der Waals surface area (Å²) < 4.78 is 11.5. The number of fused-ring (bicyclic) bond motifs is 1. The van der Waals surface area contributed by atoms with Crippen LogP contribution < -0.4 is 10.1 Å². The van der Waals surface area contributed by atoms with Crippen molar-refractivity contribution in [2.24, 2.45) is 0 Å². The van der Waals surface area contributed by atoms with E-state index in [1.165, 1.54) is 0 Å². The minimum Gasteiger partial charge on any atom is -0.463 e. The van der Waals surface area contributed by atoms with Gasteiger partial charge in [0, 0.05) is 31.2 Å². The average molecular weight is 459 g/mol. The van der Waals surface area contributed by atoms with Crippen molar-refractivity contribution in [1.82, 2.24) is 5.32 Å². The summed E-state index contributed by atoms with van der Waals surface area (Å²) in [6, 6.07) is 5.51. The summed E-state index contributed by atoms with van der Waals surface area (Å²) in [4.78, 5) is 15.9. The van der Waals surface area contributed by atoms with Gasteiger partial charge in [0.1, 0.15) is 11.9 Å². The highest BCUT2D eigenvalue weighted by Gasteiger charge is 2.28. The molecule has 9 heteroatoms. The SMILES string of the molecule is CSCCC(S)CCCCCNCC(O[N+](=O)[O-])c1ccc2c(c1)COC(C)(C)O2. The van der Waals surface area contributed by atoms with E-state index in [0.717, 1.165) is 61.3 Å². The van der Waals surface area contributed by atoms with E-state index in [9.17, 15) is 10.1 Å². The third-order valence-corrected chi connectivity index (χ3v) is 6.14. The molecular weight excluding hydrogens is 424 g/mol. The molecule has 1 aromatic rings. The number of thioether (sulfide) groups is 1. The Bertz CT molecular complexity index is 675. The Morgan fingerprint density at radius 1 is 1.33 bits per heavy atom. The van der Waals surface area contributed by atoms with Gasteiger partial charge >= 0.3 is 0 Å². The molecule has 1 aliphatic rings. The van der Waals surface area contributed by atoms with Crippen LogP contribution in [0.1, 0.15) is 63.2 Å². The summed E-state index contributed by atoms with van der Waals surface area (Å²) in [5.41, 5.74) is 1.60. The van der Waals surface area contributed by atoms with Crippen LogP contribution in [0.3, 0.4) is 0 Å². The Balaban J connectivity index is 1.78. The number of hydrogen-bond donors (Lipinski definition) is 2. The van der Waals surface area contributed by atoms with Crippen molar-refractivity contribution < 1.29 is 19.4 Å². The number of rotatable bonds is 14. The van der Waals surface area contributed by atoms with Gasteiger partial charge in [-0.2, -0.15) is 24.4 Å². The van der Waals surface area contributed by atoms with E-state index in [0.29, 0.717) is 18.4 Å². The van der Waals surface area contributed by atoms with E-state index in [4.69, 9.17) is 14.3 Å². The summed E-state index contributed by atoms with van der Waals surface area (Å²) in [6.45, 7) is 5.28. The summed E-state index contributed by atoms with van der Waals surface area (Å²) in [5.74, 6) is 1.23. The lowest BCUT2D eigenvalue weighted by Gasteiger charge is -2.33. The maximum atomic E-state index is 11.0. The van der Waals surface area contributed by atoms with E-state index in [-0.39, 0.29) is 0 Å². The number of hydrogen-bond acceptors (Lipinski definition) is 8. The highest BCUT2D eigenvalue weighted by Crippen LogP contribution is 2.33. The van der Waals surface area contributed by atoms with Crippen molar-refractivity contribution in [3.63, 3.8) is 0 Å². The quantitative estimate of drug-likeness (QED) is 0.180. The molecule has 1 aromatic carbocycles. The Hall–Kier alpha value is -1.16. The normalized spacial score (nSPS) is 16.9. The highest BCUT2D eigenvalue weighted by atomic mass is 32.2. The lowest BCUT2D eigenvalue weighted by atomic mass is 10.0. The molecule has 2 rings (SSSR count). The number of nitrogens with one attached hydrogen (secondary N) is 1. The van der Waals surface area contributed by atoms with E-state index in [1.807, 2.05) is 43.8 Å². The molecule has 0 spiro atoms. The van der Waals surface area contributed by atoms with Crippen molar-refractivity contribution in [2.75, 3.05) is 25.1 Å². The first-order valence-electron chi connectivity index (χ1n) is 10.5. The van der Waals surface area contributed by atoms with Crippen LogP contribution in [0.2, 0.25) is 0 Å². The minimum atomic E-state index is -0.733. The van der Waals surface area contributed by atoms with E-state index < -0.39 is 17.0 Å². The summed E-state index contributed by atoms with van der Waals surface area (Å²) in [5, 5.41) is 14.0. The largest absolute Gasteiger partial charge is 0.463 e. The number of ether oxygens (including phenoxy) is 2. The fraction of sp³-hybridized carbons (Fsp3) is 0.714. The first kappa shape index (κ1) is 25.1. The number of benzene rings is 1. The average Bonchev–Trinajstić information content (AvgIpc) is 2.69. The topological polar surface area (TPSA) is 82.9 Å². The van der Waals surface area contributed by atoms with Gasteiger partial charge in [-0.1, -0.05) is 18.9 Å². The molecule has 0 fully saturated rings. The second-order valence-electron chi connectivity index (χ2n) is 7.96. The van der Waals surface area contributed by atoms with Crippen molar-refractivity contribution in [3.05, 3.63) is 39.4 Å². The summed E-state index contributed by atoms with van der Waals surface area (Å²) in [7, 11) is 0. The van der Waals surface area contributed by atoms with Crippen LogP contribution in [-0.4, -0.2) is 41.2 Å².